The Balaban J connectivity index is 1.97. The van der Waals surface area contributed by atoms with Gasteiger partial charge in [0.2, 0.25) is 0 Å². The summed E-state index contributed by atoms with van der Waals surface area (Å²) >= 11 is 0. The molecule has 0 radical (unpaired) electrons. The van der Waals surface area contributed by atoms with E-state index in [1.807, 2.05) is 18.2 Å². The highest BCUT2D eigenvalue weighted by Gasteiger charge is 2.21. The molecular weight excluding hydrogens is 210 g/mol. The molecule has 0 unspecified atom stereocenters. The Hall–Kier alpha value is -1.82. The summed E-state index contributed by atoms with van der Waals surface area (Å²) in [5.74, 6) is 1.82. The maximum absolute atomic E-state index is 8.86. The molecule has 1 heterocycles. The lowest BCUT2D eigenvalue weighted by molar-refractivity contribution is 0.592. The number of para-hydroxylation sites is 2. The third kappa shape index (κ3) is 2.03. The molecular formula is C14H15N3. The van der Waals surface area contributed by atoms with Crippen LogP contribution in [-0.2, 0) is 13.0 Å². The molecule has 3 nitrogen and oxygen atoms in total. The number of rotatable bonds is 4. The minimum atomic E-state index is 0.402. The van der Waals surface area contributed by atoms with E-state index in [9.17, 15) is 0 Å². The van der Waals surface area contributed by atoms with E-state index in [0.717, 1.165) is 23.8 Å². The van der Waals surface area contributed by atoms with Crippen molar-refractivity contribution in [2.75, 3.05) is 0 Å². The predicted molar refractivity (Wildman–Crippen MR) is 66.4 cm³/mol. The summed E-state index contributed by atoms with van der Waals surface area (Å²) in [6.07, 6.45) is 4.37. The first-order chi connectivity index (χ1) is 8.38. The average Bonchev–Trinajstić information content (AvgIpc) is 3.10. The van der Waals surface area contributed by atoms with E-state index in [1.54, 1.807) is 0 Å². The third-order valence-electron chi connectivity index (χ3n) is 3.43. The van der Waals surface area contributed by atoms with Gasteiger partial charge in [-0.2, -0.15) is 5.26 Å². The van der Waals surface area contributed by atoms with Crippen LogP contribution in [0.2, 0.25) is 0 Å². The van der Waals surface area contributed by atoms with Crippen LogP contribution in [0.25, 0.3) is 11.0 Å². The van der Waals surface area contributed by atoms with Crippen molar-refractivity contribution in [1.82, 2.24) is 9.55 Å². The van der Waals surface area contributed by atoms with E-state index < -0.39 is 0 Å². The second-order valence-corrected chi connectivity index (χ2v) is 4.74. The lowest BCUT2D eigenvalue weighted by Crippen LogP contribution is -2.04. The number of nitriles is 1. The SMILES string of the molecule is N#CCc1nc2ccccc2n1CCC1CC1. The van der Waals surface area contributed by atoms with Gasteiger partial charge in [0.1, 0.15) is 5.82 Å². The van der Waals surface area contributed by atoms with Crippen molar-refractivity contribution < 1.29 is 0 Å². The zero-order valence-electron chi connectivity index (χ0n) is 9.76. The molecule has 1 saturated carbocycles. The fourth-order valence-corrected chi connectivity index (χ4v) is 2.30. The smallest absolute Gasteiger partial charge is 0.124 e. The molecule has 0 amide bonds. The van der Waals surface area contributed by atoms with Crippen LogP contribution < -0.4 is 0 Å². The maximum atomic E-state index is 8.86. The Labute approximate surface area is 101 Å². The fourth-order valence-electron chi connectivity index (χ4n) is 2.30. The normalized spacial score (nSPS) is 15.0. The number of fused-ring (bicyclic) bond motifs is 1. The Kier molecular flexibility index (Phi) is 2.56. The van der Waals surface area contributed by atoms with Crippen molar-refractivity contribution in [3.63, 3.8) is 0 Å². The van der Waals surface area contributed by atoms with Gasteiger partial charge >= 0.3 is 0 Å². The first-order valence-electron chi connectivity index (χ1n) is 6.19. The zero-order chi connectivity index (χ0) is 11.7. The first-order valence-corrected chi connectivity index (χ1v) is 6.19. The second kappa shape index (κ2) is 4.21. The Morgan fingerprint density at radius 1 is 1.35 bits per heavy atom. The van der Waals surface area contributed by atoms with Crippen LogP contribution in [0, 0.1) is 17.2 Å². The summed E-state index contributed by atoms with van der Waals surface area (Å²) in [4.78, 5) is 4.54. The van der Waals surface area contributed by atoms with Crippen molar-refractivity contribution in [2.45, 2.75) is 32.2 Å². The number of hydrogen-bond donors (Lipinski definition) is 0. The van der Waals surface area contributed by atoms with Crippen LogP contribution in [0.1, 0.15) is 25.1 Å². The topological polar surface area (TPSA) is 41.6 Å². The van der Waals surface area contributed by atoms with Crippen LogP contribution in [0.15, 0.2) is 24.3 Å². The van der Waals surface area contributed by atoms with Crippen LogP contribution >= 0.6 is 0 Å². The quantitative estimate of drug-likeness (QED) is 0.802. The van der Waals surface area contributed by atoms with Gasteiger partial charge in [0.15, 0.2) is 0 Å². The highest BCUT2D eigenvalue weighted by Crippen LogP contribution is 2.33. The highest BCUT2D eigenvalue weighted by atomic mass is 15.1. The highest BCUT2D eigenvalue weighted by molar-refractivity contribution is 5.75. The lowest BCUT2D eigenvalue weighted by atomic mass is 10.2. The van der Waals surface area contributed by atoms with Gasteiger partial charge in [0.25, 0.3) is 0 Å². The molecule has 0 N–H and O–H groups in total. The molecule has 0 saturated heterocycles. The van der Waals surface area contributed by atoms with E-state index in [-0.39, 0.29) is 0 Å². The van der Waals surface area contributed by atoms with Crippen LogP contribution in [0.4, 0.5) is 0 Å². The van der Waals surface area contributed by atoms with Gasteiger partial charge in [-0.05, 0) is 24.5 Å². The van der Waals surface area contributed by atoms with Crippen LogP contribution in [-0.4, -0.2) is 9.55 Å². The molecule has 1 aliphatic carbocycles. The Bertz CT molecular complexity index is 573. The molecule has 17 heavy (non-hydrogen) atoms. The monoisotopic (exact) mass is 225 g/mol. The number of aryl methyl sites for hydroxylation is 1. The summed E-state index contributed by atoms with van der Waals surface area (Å²) < 4.78 is 2.22. The predicted octanol–water partition coefficient (Wildman–Crippen LogP) is 2.90. The number of imidazole rings is 1. The van der Waals surface area contributed by atoms with E-state index in [1.165, 1.54) is 24.8 Å². The van der Waals surface area contributed by atoms with Gasteiger partial charge < -0.3 is 4.57 Å². The summed E-state index contributed by atoms with van der Waals surface area (Å²) in [6.45, 7) is 1.00. The van der Waals surface area contributed by atoms with Gasteiger partial charge in [-0.15, -0.1) is 0 Å². The largest absolute Gasteiger partial charge is 0.327 e. The number of nitrogens with zero attached hydrogens (tertiary/aromatic N) is 3. The molecule has 1 aromatic heterocycles. The van der Waals surface area contributed by atoms with Gasteiger partial charge in [0.05, 0.1) is 23.5 Å². The van der Waals surface area contributed by atoms with Crippen molar-refractivity contribution >= 4 is 11.0 Å². The molecule has 0 spiro atoms. The number of benzene rings is 1. The molecule has 1 fully saturated rings. The minimum Gasteiger partial charge on any atom is -0.327 e. The van der Waals surface area contributed by atoms with Crippen LogP contribution in [0.5, 0.6) is 0 Å². The maximum Gasteiger partial charge on any atom is 0.124 e. The second-order valence-electron chi connectivity index (χ2n) is 4.74. The summed E-state index contributed by atoms with van der Waals surface area (Å²) in [5, 5.41) is 8.86. The van der Waals surface area contributed by atoms with Gasteiger partial charge in [-0.25, -0.2) is 4.98 Å². The molecule has 0 aliphatic heterocycles. The fraction of sp³-hybridized carbons (Fsp3) is 0.429. The van der Waals surface area contributed by atoms with Crippen molar-refractivity contribution in [1.29, 1.82) is 5.26 Å². The summed E-state index contributed by atoms with van der Waals surface area (Å²) in [5.41, 5.74) is 2.17. The van der Waals surface area contributed by atoms with Crippen LogP contribution in [0.3, 0.4) is 0 Å². The van der Waals surface area contributed by atoms with Crippen molar-refractivity contribution in [3.05, 3.63) is 30.1 Å². The molecule has 86 valence electrons. The molecule has 1 aromatic carbocycles. The molecule has 0 bridgehead atoms. The van der Waals surface area contributed by atoms with E-state index in [0.29, 0.717) is 6.42 Å². The molecule has 0 atom stereocenters. The van der Waals surface area contributed by atoms with E-state index in [2.05, 4.69) is 21.7 Å². The molecule has 3 rings (SSSR count). The first kappa shape index (κ1) is 10.3. The zero-order valence-corrected chi connectivity index (χ0v) is 9.76. The lowest BCUT2D eigenvalue weighted by Gasteiger charge is -2.06. The van der Waals surface area contributed by atoms with E-state index >= 15 is 0 Å². The number of hydrogen-bond acceptors (Lipinski definition) is 2. The van der Waals surface area contributed by atoms with Gasteiger partial charge in [0, 0.05) is 6.54 Å². The molecule has 1 aliphatic rings. The third-order valence-corrected chi connectivity index (χ3v) is 3.43. The Morgan fingerprint density at radius 3 is 2.94 bits per heavy atom. The molecule has 3 heteroatoms. The Morgan fingerprint density at radius 2 is 2.18 bits per heavy atom. The number of aromatic nitrogens is 2. The summed E-state index contributed by atoms with van der Waals surface area (Å²) in [6, 6.07) is 10.3. The average molecular weight is 225 g/mol. The minimum absolute atomic E-state index is 0.402. The summed E-state index contributed by atoms with van der Waals surface area (Å²) in [7, 11) is 0. The van der Waals surface area contributed by atoms with Crippen molar-refractivity contribution in [3.8, 4) is 6.07 Å². The molecule has 2 aromatic rings. The standard InChI is InChI=1S/C14H15N3/c15-9-7-14-16-12-3-1-2-4-13(12)17(14)10-8-11-5-6-11/h1-4,11H,5-8,10H2. The van der Waals surface area contributed by atoms with Gasteiger partial charge in [-0.3, -0.25) is 0 Å². The van der Waals surface area contributed by atoms with E-state index in [4.69, 9.17) is 5.26 Å². The van der Waals surface area contributed by atoms with Gasteiger partial charge in [-0.1, -0.05) is 25.0 Å². The van der Waals surface area contributed by atoms with Crippen molar-refractivity contribution in [2.24, 2.45) is 5.92 Å².